The van der Waals surface area contributed by atoms with Gasteiger partial charge in [0.25, 0.3) is 11.5 Å². The number of thiophene rings is 1. The summed E-state index contributed by atoms with van der Waals surface area (Å²) in [6.45, 7) is 8.07. The predicted molar refractivity (Wildman–Crippen MR) is 143 cm³/mol. The molecule has 2 heterocycles. The fraction of sp³-hybridized carbons (Fsp3) is 0.259. The summed E-state index contributed by atoms with van der Waals surface area (Å²) in [5.41, 5.74) is 2.54. The molecule has 2 aromatic carbocycles. The van der Waals surface area contributed by atoms with E-state index in [0.717, 1.165) is 11.3 Å². The van der Waals surface area contributed by atoms with E-state index >= 15 is 0 Å². The van der Waals surface area contributed by atoms with E-state index in [1.54, 1.807) is 25.1 Å². The minimum atomic E-state index is -0.368. The molecule has 0 aliphatic heterocycles. The second kappa shape index (κ2) is 10.7. The van der Waals surface area contributed by atoms with Crippen molar-refractivity contribution in [2.75, 3.05) is 17.2 Å². The van der Waals surface area contributed by atoms with Gasteiger partial charge in [-0.05, 0) is 55.2 Å². The highest BCUT2D eigenvalue weighted by Crippen LogP contribution is 2.30. The molecule has 186 valence electrons. The van der Waals surface area contributed by atoms with Crippen LogP contribution in [0.25, 0.3) is 10.2 Å². The molecule has 0 saturated heterocycles. The van der Waals surface area contributed by atoms with Crippen molar-refractivity contribution in [3.8, 4) is 5.75 Å². The molecule has 2 amide bonds. The highest BCUT2D eigenvalue weighted by atomic mass is 32.1. The zero-order chi connectivity index (χ0) is 25.8. The number of nitrogens with zero attached hydrogens (tertiary/aromatic N) is 2. The lowest BCUT2D eigenvalue weighted by atomic mass is 10.0. The van der Waals surface area contributed by atoms with Crippen LogP contribution in [-0.2, 0) is 11.3 Å². The lowest BCUT2D eigenvalue weighted by Gasteiger charge is -2.10. The summed E-state index contributed by atoms with van der Waals surface area (Å²) in [5.74, 6) is 0.272. The quantitative estimate of drug-likeness (QED) is 0.344. The van der Waals surface area contributed by atoms with Crippen LogP contribution in [0.15, 0.2) is 59.7 Å². The monoisotopic (exact) mass is 504 g/mol. The average molecular weight is 505 g/mol. The van der Waals surface area contributed by atoms with Gasteiger partial charge in [-0.1, -0.05) is 38.1 Å². The minimum Gasteiger partial charge on any atom is -0.492 e. The number of carbonyl (C=O) groups excluding carboxylic acids is 2. The molecule has 9 heteroatoms. The Labute approximate surface area is 212 Å². The van der Waals surface area contributed by atoms with Crippen molar-refractivity contribution in [1.29, 1.82) is 0 Å². The molecule has 0 spiro atoms. The van der Waals surface area contributed by atoms with Gasteiger partial charge in [0.05, 0.1) is 28.9 Å². The maximum atomic E-state index is 13.2. The Hall–Kier alpha value is -3.98. The summed E-state index contributed by atoms with van der Waals surface area (Å²) in [6.07, 6.45) is 1.34. The number of benzene rings is 2. The summed E-state index contributed by atoms with van der Waals surface area (Å²) < 4.78 is 6.83. The highest BCUT2D eigenvalue weighted by Gasteiger charge is 2.21. The maximum Gasteiger partial charge on any atom is 0.266 e. The zero-order valence-electron chi connectivity index (χ0n) is 20.6. The SMILES string of the molecule is CCOc1ccccc1NC(=O)c1sc2ncn(CC(=O)Nc3ccc(C(C)C)cc3)c(=O)c2c1C. The third-order valence-corrected chi connectivity index (χ3v) is 6.93. The molecule has 0 fully saturated rings. The van der Waals surface area contributed by atoms with Gasteiger partial charge in [0.1, 0.15) is 17.1 Å². The van der Waals surface area contributed by atoms with E-state index in [2.05, 4.69) is 29.5 Å². The van der Waals surface area contributed by atoms with Crippen LogP contribution >= 0.6 is 11.3 Å². The fourth-order valence-electron chi connectivity index (χ4n) is 3.83. The topological polar surface area (TPSA) is 102 Å². The number of nitrogens with one attached hydrogen (secondary N) is 2. The van der Waals surface area contributed by atoms with Crippen LogP contribution in [0.2, 0.25) is 0 Å². The van der Waals surface area contributed by atoms with Crippen LogP contribution in [0.1, 0.15) is 47.5 Å². The first-order valence-electron chi connectivity index (χ1n) is 11.7. The number of para-hydroxylation sites is 2. The van der Waals surface area contributed by atoms with Crippen molar-refractivity contribution in [3.05, 3.63) is 81.2 Å². The normalized spacial score (nSPS) is 11.0. The number of carbonyl (C=O) groups is 2. The van der Waals surface area contributed by atoms with Gasteiger partial charge in [0, 0.05) is 5.69 Å². The van der Waals surface area contributed by atoms with E-state index in [1.807, 2.05) is 37.3 Å². The number of aryl methyl sites for hydroxylation is 1. The molecule has 0 aliphatic rings. The number of rotatable bonds is 8. The van der Waals surface area contributed by atoms with E-state index in [-0.39, 0.29) is 23.9 Å². The van der Waals surface area contributed by atoms with Gasteiger partial charge in [-0.15, -0.1) is 11.3 Å². The van der Waals surface area contributed by atoms with Crippen LogP contribution in [0.3, 0.4) is 0 Å². The summed E-state index contributed by atoms with van der Waals surface area (Å²) in [6, 6.07) is 14.8. The Kier molecular flexibility index (Phi) is 7.49. The number of amides is 2. The summed E-state index contributed by atoms with van der Waals surface area (Å²) in [4.78, 5) is 44.0. The van der Waals surface area contributed by atoms with Gasteiger partial charge in [-0.3, -0.25) is 19.0 Å². The van der Waals surface area contributed by atoms with E-state index in [1.165, 1.54) is 16.5 Å². The molecule has 2 N–H and O–H groups in total. The molecular weight excluding hydrogens is 476 g/mol. The van der Waals surface area contributed by atoms with Crippen LogP contribution in [-0.4, -0.2) is 28.0 Å². The first-order chi connectivity index (χ1) is 17.3. The van der Waals surface area contributed by atoms with Gasteiger partial charge < -0.3 is 15.4 Å². The van der Waals surface area contributed by atoms with Crippen LogP contribution < -0.4 is 20.9 Å². The largest absolute Gasteiger partial charge is 0.492 e. The van der Waals surface area contributed by atoms with Crippen molar-refractivity contribution in [2.45, 2.75) is 40.2 Å². The fourth-order valence-corrected chi connectivity index (χ4v) is 4.86. The van der Waals surface area contributed by atoms with Crippen molar-refractivity contribution >= 4 is 44.7 Å². The van der Waals surface area contributed by atoms with E-state index in [0.29, 0.717) is 50.3 Å². The predicted octanol–water partition coefficient (Wildman–Crippen LogP) is 5.18. The Morgan fingerprint density at radius 1 is 1.08 bits per heavy atom. The van der Waals surface area contributed by atoms with Crippen LogP contribution in [0.5, 0.6) is 5.75 Å². The third kappa shape index (κ3) is 5.31. The first-order valence-corrected chi connectivity index (χ1v) is 12.5. The van der Waals surface area contributed by atoms with E-state index < -0.39 is 0 Å². The second-order valence-corrected chi connectivity index (χ2v) is 9.62. The molecule has 0 saturated carbocycles. The Morgan fingerprint density at radius 2 is 1.81 bits per heavy atom. The highest BCUT2D eigenvalue weighted by molar-refractivity contribution is 7.20. The standard InChI is InChI=1S/C27H28N4O4S/c1-5-35-21-9-7-6-8-20(21)30-25(33)24-17(4)23-26(36-24)28-15-31(27(23)34)14-22(32)29-19-12-10-18(11-13-19)16(2)3/h6-13,15-16H,5,14H2,1-4H3,(H,29,32)(H,30,33). The molecule has 0 atom stereocenters. The summed E-state index contributed by atoms with van der Waals surface area (Å²) in [7, 11) is 0. The van der Waals surface area contributed by atoms with Crippen LogP contribution in [0.4, 0.5) is 11.4 Å². The average Bonchev–Trinajstić information content (AvgIpc) is 3.19. The summed E-state index contributed by atoms with van der Waals surface area (Å²) in [5, 5.41) is 6.01. The van der Waals surface area contributed by atoms with Gasteiger partial charge >= 0.3 is 0 Å². The Bertz CT molecular complexity index is 1470. The summed E-state index contributed by atoms with van der Waals surface area (Å²) >= 11 is 1.14. The molecule has 0 aliphatic carbocycles. The smallest absolute Gasteiger partial charge is 0.266 e. The zero-order valence-corrected chi connectivity index (χ0v) is 21.4. The Balaban J connectivity index is 1.54. The van der Waals surface area contributed by atoms with Crippen LogP contribution in [0, 0.1) is 6.92 Å². The van der Waals surface area contributed by atoms with E-state index in [9.17, 15) is 14.4 Å². The van der Waals surface area contributed by atoms with Gasteiger partial charge in [-0.25, -0.2) is 4.98 Å². The number of anilines is 2. The first kappa shape index (κ1) is 25.1. The number of hydrogen-bond donors (Lipinski definition) is 2. The van der Waals surface area contributed by atoms with Crippen molar-refractivity contribution in [2.24, 2.45) is 0 Å². The maximum absolute atomic E-state index is 13.2. The van der Waals surface area contributed by atoms with Crippen molar-refractivity contribution in [3.63, 3.8) is 0 Å². The van der Waals surface area contributed by atoms with Gasteiger partial charge in [-0.2, -0.15) is 0 Å². The van der Waals surface area contributed by atoms with Gasteiger partial charge in [0.2, 0.25) is 5.91 Å². The molecule has 4 rings (SSSR count). The molecule has 36 heavy (non-hydrogen) atoms. The third-order valence-electron chi connectivity index (χ3n) is 5.73. The molecular formula is C27H28N4O4S. The molecule has 8 nitrogen and oxygen atoms in total. The lowest BCUT2D eigenvalue weighted by molar-refractivity contribution is -0.116. The minimum absolute atomic E-state index is 0.188. The molecule has 0 unspecified atom stereocenters. The van der Waals surface area contributed by atoms with Crippen molar-refractivity contribution < 1.29 is 14.3 Å². The number of fused-ring (bicyclic) bond motifs is 1. The number of aromatic nitrogens is 2. The molecule has 4 aromatic rings. The second-order valence-electron chi connectivity index (χ2n) is 8.62. The number of ether oxygens (including phenoxy) is 1. The molecule has 0 bridgehead atoms. The van der Waals surface area contributed by atoms with Gasteiger partial charge in [0.15, 0.2) is 0 Å². The molecule has 2 aromatic heterocycles. The number of hydrogen-bond acceptors (Lipinski definition) is 6. The lowest BCUT2D eigenvalue weighted by Crippen LogP contribution is -2.28. The molecule has 0 radical (unpaired) electrons. The van der Waals surface area contributed by atoms with E-state index in [4.69, 9.17) is 4.74 Å². The Morgan fingerprint density at radius 3 is 2.50 bits per heavy atom. The van der Waals surface area contributed by atoms with Crippen molar-refractivity contribution in [1.82, 2.24) is 9.55 Å².